The van der Waals surface area contributed by atoms with Crippen LogP contribution in [0.15, 0.2) is 41.7 Å². The van der Waals surface area contributed by atoms with Crippen LogP contribution >= 0.6 is 11.6 Å². The number of carbonyl (C=O) groups excluding carboxylic acids is 2. The van der Waals surface area contributed by atoms with Gasteiger partial charge < -0.3 is 14.4 Å². The number of nitrogens with zero attached hydrogens (tertiary/aromatic N) is 3. The van der Waals surface area contributed by atoms with Gasteiger partial charge in [0.1, 0.15) is 12.4 Å². The second kappa shape index (κ2) is 10.2. The maximum absolute atomic E-state index is 13.0. The van der Waals surface area contributed by atoms with Gasteiger partial charge in [-0.2, -0.15) is 0 Å². The van der Waals surface area contributed by atoms with Gasteiger partial charge in [0.15, 0.2) is 5.78 Å². The highest BCUT2D eigenvalue weighted by atomic mass is 35.5. The van der Waals surface area contributed by atoms with E-state index in [2.05, 4.69) is 16.9 Å². The van der Waals surface area contributed by atoms with E-state index >= 15 is 0 Å². The molecule has 1 fully saturated rings. The minimum atomic E-state index is -0.112. The van der Waals surface area contributed by atoms with Crippen molar-refractivity contribution in [1.29, 1.82) is 0 Å². The Morgan fingerprint density at radius 1 is 1.25 bits per heavy atom. The number of aromatic nitrogens is 1. The van der Waals surface area contributed by atoms with Crippen LogP contribution in [0.3, 0.4) is 0 Å². The highest BCUT2D eigenvalue weighted by molar-refractivity contribution is 6.33. The average Bonchev–Trinajstić information content (AvgIpc) is 2.82. The number of carbonyl (C=O) groups is 2. The molecular weight excluding hydrogens is 430 g/mol. The van der Waals surface area contributed by atoms with Crippen molar-refractivity contribution in [2.75, 3.05) is 26.3 Å². The minimum Gasteiger partial charge on any atom is -0.488 e. The lowest BCUT2D eigenvalue weighted by Crippen LogP contribution is -2.41. The number of benzene rings is 1. The Kier molecular flexibility index (Phi) is 7.17. The standard InChI is InChI=1S/C24H26ClN3O4/c1-2-11-31-17-6-9-28(10-7-17)24(30)20-13-18(3-4-21(20)25)32-15-16-12-23(29)19-5-8-26-14-22(19)27-16/h3-5,8,13-14,17H,2,6-7,9-12,15H2,1H3. The molecule has 0 atom stereocenters. The minimum absolute atomic E-state index is 0.00529. The highest BCUT2D eigenvalue weighted by Gasteiger charge is 2.26. The van der Waals surface area contributed by atoms with Crippen molar-refractivity contribution in [1.82, 2.24) is 9.88 Å². The Morgan fingerprint density at radius 3 is 2.84 bits per heavy atom. The third kappa shape index (κ3) is 5.16. The summed E-state index contributed by atoms with van der Waals surface area (Å²) in [4.78, 5) is 35.7. The molecule has 0 saturated carbocycles. The van der Waals surface area contributed by atoms with Crippen molar-refractivity contribution in [3.05, 3.63) is 52.8 Å². The molecule has 8 heteroatoms. The lowest BCUT2D eigenvalue weighted by Gasteiger charge is -2.32. The molecule has 3 heterocycles. The number of aliphatic imine (C=N–C) groups is 1. The predicted molar refractivity (Wildman–Crippen MR) is 122 cm³/mol. The second-order valence-electron chi connectivity index (χ2n) is 7.96. The van der Waals surface area contributed by atoms with Crippen molar-refractivity contribution in [3.63, 3.8) is 0 Å². The summed E-state index contributed by atoms with van der Waals surface area (Å²) in [5.41, 5.74) is 2.16. The number of amides is 1. The van der Waals surface area contributed by atoms with E-state index in [1.54, 1.807) is 36.7 Å². The van der Waals surface area contributed by atoms with E-state index in [1.807, 2.05) is 4.90 Å². The Balaban J connectivity index is 1.40. The van der Waals surface area contributed by atoms with E-state index in [1.165, 1.54) is 0 Å². The molecule has 1 saturated heterocycles. The number of ether oxygens (including phenoxy) is 2. The van der Waals surface area contributed by atoms with E-state index in [-0.39, 0.29) is 30.8 Å². The number of pyridine rings is 1. The average molecular weight is 456 g/mol. The van der Waals surface area contributed by atoms with Crippen molar-refractivity contribution < 1.29 is 19.1 Å². The van der Waals surface area contributed by atoms with Crippen LogP contribution < -0.4 is 4.74 Å². The Bertz CT molecular complexity index is 1030. The number of halogens is 1. The summed E-state index contributed by atoms with van der Waals surface area (Å²) < 4.78 is 11.7. The van der Waals surface area contributed by atoms with Crippen LogP contribution in [0.4, 0.5) is 5.69 Å². The zero-order valence-corrected chi connectivity index (χ0v) is 18.8. The monoisotopic (exact) mass is 455 g/mol. The maximum Gasteiger partial charge on any atom is 0.255 e. The Morgan fingerprint density at radius 2 is 2.06 bits per heavy atom. The van der Waals surface area contributed by atoms with Crippen LogP contribution in [0.1, 0.15) is 53.3 Å². The third-order valence-corrected chi connectivity index (χ3v) is 5.93. The van der Waals surface area contributed by atoms with Gasteiger partial charge in [-0.1, -0.05) is 18.5 Å². The van der Waals surface area contributed by atoms with Gasteiger partial charge in [-0.25, -0.2) is 0 Å². The van der Waals surface area contributed by atoms with E-state index in [9.17, 15) is 9.59 Å². The second-order valence-corrected chi connectivity index (χ2v) is 8.37. The van der Waals surface area contributed by atoms with E-state index in [0.29, 0.717) is 46.4 Å². The number of likely N-dealkylation sites (tertiary alicyclic amines) is 1. The van der Waals surface area contributed by atoms with Gasteiger partial charge >= 0.3 is 0 Å². The summed E-state index contributed by atoms with van der Waals surface area (Å²) in [5, 5.41) is 0.386. The predicted octanol–water partition coefficient (Wildman–Crippen LogP) is 4.50. The van der Waals surface area contributed by atoms with Crippen LogP contribution in [-0.4, -0.2) is 59.7 Å². The van der Waals surface area contributed by atoms with Gasteiger partial charge in [0.25, 0.3) is 5.91 Å². The first-order chi connectivity index (χ1) is 15.5. The zero-order chi connectivity index (χ0) is 22.5. The molecule has 2 aromatic rings. The molecule has 2 aliphatic rings. The smallest absolute Gasteiger partial charge is 0.255 e. The van der Waals surface area contributed by atoms with Crippen LogP contribution in [0, 0.1) is 0 Å². The zero-order valence-electron chi connectivity index (χ0n) is 18.1. The summed E-state index contributed by atoms with van der Waals surface area (Å²) in [6.07, 6.45) is 6.20. The van der Waals surface area contributed by atoms with E-state index < -0.39 is 0 Å². The topological polar surface area (TPSA) is 81.1 Å². The summed E-state index contributed by atoms with van der Waals surface area (Å²) >= 11 is 6.33. The summed E-state index contributed by atoms with van der Waals surface area (Å²) in [7, 11) is 0. The number of ketones is 1. The summed E-state index contributed by atoms with van der Waals surface area (Å²) in [6.45, 7) is 4.27. The highest BCUT2D eigenvalue weighted by Crippen LogP contribution is 2.27. The number of piperidine rings is 1. The molecule has 168 valence electrons. The van der Waals surface area contributed by atoms with Gasteiger partial charge in [-0.05, 0) is 43.5 Å². The molecule has 0 radical (unpaired) electrons. The number of fused-ring (bicyclic) bond motifs is 1. The normalized spacial score (nSPS) is 16.5. The first kappa shape index (κ1) is 22.4. The quantitative estimate of drug-likeness (QED) is 0.613. The van der Waals surface area contributed by atoms with Crippen LogP contribution in [0.5, 0.6) is 5.75 Å². The molecule has 1 aromatic carbocycles. The first-order valence-electron chi connectivity index (χ1n) is 10.9. The fourth-order valence-corrected chi connectivity index (χ4v) is 4.09. The molecule has 0 spiro atoms. The van der Waals surface area contributed by atoms with Crippen LogP contribution in [0.2, 0.25) is 5.02 Å². The van der Waals surface area contributed by atoms with Crippen molar-refractivity contribution in [2.24, 2.45) is 4.99 Å². The molecule has 32 heavy (non-hydrogen) atoms. The molecule has 4 rings (SSSR count). The Labute approximate surface area is 192 Å². The number of Topliss-reactive ketones (excluding diaryl/α,β-unsaturated/α-hetero) is 1. The molecule has 0 unspecified atom stereocenters. The molecular formula is C24H26ClN3O4. The number of rotatable bonds is 7. The van der Waals surface area contributed by atoms with Gasteiger partial charge in [0.05, 0.1) is 40.7 Å². The van der Waals surface area contributed by atoms with Crippen LogP contribution in [-0.2, 0) is 4.74 Å². The largest absolute Gasteiger partial charge is 0.488 e. The lowest BCUT2D eigenvalue weighted by atomic mass is 10.0. The van der Waals surface area contributed by atoms with Gasteiger partial charge in [-0.3, -0.25) is 19.6 Å². The molecule has 1 amide bonds. The Hall–Kier alpha value is -2.77. The number of hydrogen-bond donors (Lipinski definition) is 0. The van der Waals surface area contributed by atoms with E-state index in [4.69, 9.17) is 21.1 Å². The van der Waals surface area contributed by atoms with Crippen molar-refractivity contribution in [2.45, 2.75) is 38.7 Å². The van der Waals surface area contributed by atoms with Gasteiger partial charge in [0, 0.05) is 31.5 Å². The van der Waals surface area contributed by atoms with Crippen LogP contribution in [0.25, 0.3) is 0 Å². The maximum atomic E-state index is 13.0. The molecule has 2 aliphatic heterocycles. The van der Waals surface area contributed by atoms with Gasteiger partial charge in [-0.15, -0.1) is 0 Å². The van der Waals surface area contributed by atoms with Crippen molar-refractivity contribution in [3.8, 4) is 5.75 Å². The molecule has 1 aromatic heterocycles. The van der Waals surface area contributed by atoms with Gasteiger partial charge in [0.2, 0.25) is 0 Å². The SMILES string of the molecule is CCCOC1CCN(C(=O)c2cc(OCC3=Nc4cnccc4C(=O)C3)ccc2Cl)CC1. The summed E-state index contributed by atoms with van der Waals surface area (Å²) in [5.74, 6) is 0.389. The van der Waals surface area contributed by atoms with E-state index in [0.717, 1.165) is 25.9 Å². The molecule has 0 N–H and O–H groups in total. The third-order valence-electron chi connectivity index (χ3n) is 5.60. The molecule has 7 nitrogen and oxygen atoms in total. The summed E-state index contributed by atoms with van der Waals surface area (Å²) in [6, 6.07) is 6.71. The number of hydrogen-bond acceptors (Lipinski definition) is 6. The molecule has 0 bridgehead atoms. The first-order valence-corrected chi connectivity index (χ1v) is 11.3. The fraction of sp³-hybridized carbons (Fsp3) is 0.417. The molecule has 0 aliphatic carbocycles. The lowest BCUT2D eigenvalue weighted by molar-refractivity contribution is 0.00900. The van der Waals surface area contributed by atoms with Crippen molar-refractivity contribution >= 4 is 34.7 Å². The fourth-order valence-electron chi connectivity index (χ4n) is 3.89.